The third-order valence-electron chi connectivity index (χ3n) is 5.47. The lowest BCUT2D eigenvalue weighted by Gasteiger charge is -2.23. The Morgan fingerprint density at radius 1 is 1.25 bits per heavy atom. The topological polar surface area (TPSA) is 147 Å². The number of hydrogen-bond acceptors (Lipinski definition) is 8. The Morgan fingerprint density at radius 3 is 2.58 bits per heavy atom. The number of carbonyl (C=O) groups excluding carboxylic acids is 1. The smallest absolute Gasteiger partial charge is 0.387 e. The summed E-state index contributed by atoms with van der Waals surface area (Å²) in [7, 11) is 0. The van der Waals surface area contributed by atoms with Crippen LogP contribution < -0.4 is 22.3 Å². The van der Waals surface area contributed by atoms with Crippen LogP contribution in [0.25, 0.3) is 0 Å². The number of ether oxygens (including phenoxy) is 3. The molecule has 0 saturated carbocycles. The SMILES string of the molecule is Cc1cn([C@@H]2O[C@H](CN)[C@@H](O)[C@H]2OCCNC(=O)C(F)(F)F)c(=O)n(COCc2ccccc2)c1=O. The lowest BCUT2D eigenvalue weighted by atomic mass is 10.1. The molecule has 4 atom stereocenters. The van der Waals surface area contributed by atoms with Crippen molar-refractivity contribution in [3.63, 3.8) is 0 Å². The van der Waals surface area contributed by atoms with Crippen LogP contribution in [-0.4, -0.2) is 64.3 Å². The van der Waals surface area contributed by atoms with Gasteiger partial charge in [-0.15, -0.1) is 0 Å². The molecule has 198 valence electrons. The van der Waals surface area contributed by atoms with Gasteiger partial charge in [-0.2, -0.15) is 13.2 Å². The van der Waals surface area contributed by atoms with E-state index < -0.39 is 61.0 Å². The van der Waals surface area contributed by atoms with E-state index in [-0.39, 0.29) is 25.4 Å². The first-order valence-corrected chi connectivity index (χ1v) is 11.0. The molecule has 1 amide bonds. The molecule has 0 radical (unpaired) electrons. The van der Waals surface area contributed by atoms with Crippen molar-refractivity contribution >= 4 is 5.91 Å². The molecule has 14 heteroatoms. The Hall–Kier alpha value is -3.04. The van der Waals surface area contributed by atoms with Gasteiger partial charge >= 0.3 is 17.8 Å². The van der Waals surface area contributed by atoms with Gasteiger partial charge in [-0.05, 0) is 12.5 Å². The molecule has 1 aromatic carbocycles. The van der Waals surface area contributed by atoms with Gasteiger partial charge in [-0.25, -0.2) is 9.36 Å². The van der Waals surface area contributed by atoms with E-state index >= 15 is 0 Å². The van der Waals surface area contributed by atoms with E-state index in [1.54, 1.807) is 5.32 Å². The molecule has 11 nitrogen and oxygen atoms in total. The molecule has 1 aromatic heterocycles. The van der Waals surface area contributed by atoms with Gasteiger partial charge in [0.25, 0.3) is 5.56 Å². The summed E-state index contributed by atoms with van der Waals surface area (Å²) in [6, 6.07) is 9.10. The van der Waals surface area contributed by atoms with Gasteiger partial charge in [0.1, 0.15) is 25.0 Å². The number of amides is 1. The normalized spacial score (nSPS) is 22.1. The fraction of sp³-hybridized carbons (Fsp3) is 0.500. The zero-order valence-electron chi connectivity index (χ0n) is 19.3. The monoisotopic (exact) mass is 516 g/mol. The fourth-order valence-electron chi connectivity index (χ4n) is 3.66. The first-order valence-electron chi connectivity index (χ1n) is 11.0. The number of benzene rings is 1. The third-order valence-corrected chi connectivity index (χ3v) is 5.47. The summed E-state index contributed by atoms with van der Waals surface area (Å²) in [6.45, 7) is 0.176. The molecule has 0 bridgehead atoms. The van der Waals surface area contributed by atoms with Crippen molar-refractivity contribution in [3.8, 4) is 0 Å². The molecule has 2 heterocycles. The van der Waals surface area contributed by atoms with Crippen LogP contribution in [0.2, 0.25) is 0 Å². The largest absolute Gasteiger partial charge is 0.471 e. The zero-order valence-corrected chi connectivity index (χ0v) is 19.3. The molecule has 2 aromatic rings. The second-order valence-electron chi connectivity index (χ2n) is 8.08. The van der Waals surface area contributed by atoms with Crippen molar-refractivity contribution < 1.29 is 37.3 Å². The summed E-state index contributed by atoms with van der Waals surface area (Å²) >= 11 is 0. The van der Waals surface area contributed by atoms with Crippen molar-refractivity contribution in [3.05, 3.63) is 68.5 Å². The van der Waals surface area contributed by atoms with Crippen LogP contribution in [0, 0.1) is 6.92 Å². The predicted octanol–water partition coefficient (Wildman–Crippen LogP) is -0.227. The van der Waals surface area contributed by atoms with E-state index in [9.17, 15) is 32.7 Å². The van der Waals surface area contributed by atoms with E-state index in [0.717, 1.165) is 14.7 Å². The highest BCUT2D eigenvalue weighted by Crippen LogP contribution is 2.30. The van der Waals surface area contributed by atoms with E-state index in [2.05, 4.69) is 0 Å². The average molecular weight is 516 g/mol. The molecule has 0 spiro atoms. The predicted molar refractivity (Wildman–Crippen MR) is 119 cm³/mol. The van der Waals surface area contributed by atoms with Crippen molar-refractivity contribution in [2.75, 3.05) is 19.7 Å². The number of hydrogen-bond donors (Lipinski definition) is 3. The van der Waals surface area contributed by atoms with Crippen LogP contribution in [0.4, 0.5) is 13.2 Å². The molecule has 0 aliphatic carbocycles. The second kappa shape index (κ2) is 11.8. The number of halogens is 3. The number of aryl methyl sites for hydroxylation is 1. The Bertz CT molecular complexity index is 1150. The maximum atomic E-state index is 13.2. The van der Waals surface area contributed by atoms with Crippen LogP contribution in [-0.2, 0) is 32.3 Å². The minimum atomic E-state index is -5.05. The molecule has 36 heavy (non-hydrogen) atoms. The Balaban J connectivity index is 1.78. The molecule has 1 saturated heterocycles. The fourth-order valence-corrected chi connectivity index (χ4v) is 3.66. The summed E-state index contributed by atoms with van der Waals surface area (Å²) < 4.78 is 55.7. The Labute approximate surface area is 203 Å². The lowest BCUT2D eigenvalue weighted by Crippen LogP contribution is -2.46. The first kappa shape index (κ1) is 27.5. The summed E-state index contributed by atoms with van der Waals surface area (Å²) in [5.74, 6) is -2.14. The minimum absolute atomic E-state index is 0.143. The minimum Gasteiger partial charge on any atom is -0.387 e. The summed E-state index contributed by atoms with van der Waals surface area (Å²) in [6.07, 6.45) is -8.58. The highest BCUT2D eigenvalue weighted by molar-refractivity contribution is 5.81. The summed E-state index contributed by atoms with van der Waals surface area (Å²) in [5.41, 5.74) is 5.22. The number of nitrogens with one attached hydrogen (secondary N) is 1. The van der Waals surface area contributed by atoms with Gasteiger partial charge in [-0.3, -0.25) is 14.2 Å². The number of rotatable bonds is 10. The van der Waals surface area contributed by atoms with Gasteiger partial charge in [0, 0.05) is 24.8 Å². The van der Waals surface area contributed by atoms with E-state index in [4.69, 9.17) is 19.9 Å². The second-order valence-corrected chi connectivity index (χ2v) is 8.08. The van der Waals surface area contributed by atoms with Crippen LogP contribution in [0.5, 0.6) is 0 Å². The maximum Gasteiger partial charge on any atom is 0.471 e. The van der Waals surface area contributed by atoms with Crippen molar-refractivity contribution in [1.29, 1.82) is 0 Å². The first-order chi connectivity index (χ1) is 17.0. The summed E-state index contributed by atoms with van der Waals surface area (Å²) in [5, 5.41) is 12.2. The zero-order chi connectivity index (χ0) is 26.5. The van der Waals surface area contributed by atoms with E-state index in [1.165, 1.54) is 13.1 Å². The van der Waals surface area contributed by atoms with E-state index in [1.807, 2.05) is 30.3 Å². The number of aromatic nitrogens is 2. The van der Waals surface area contributed by atoms with Crippen LogP contribution in [0.1, 0.15) is 17.4 Å². The Morgan fingerprint density at radius 2 is 1.94 bits per heavy atom. The van der Waals surface area contributed by atoms with Crippen LogP contribution >= 0.6 is 0 Å². The van der Waals surface area contributed by atoms with Gasteiger partial charge in [0.05, 0.1) is 13.2 Å². The molecule has 1 aliphatic rings. The molecule has 3 rings (SSSR count). The van der Waals surface area contributed by atoms with Crippen LogP contribution in [0.15, 0.2) is 46.1 Å². The number of aliphatic hydroxyl groups is 1. The van der Waals surface area contributed by atoms with Gasteiger partial charge in [-0.1, -0.05) is 30.3 Å². The molecule has 1 aliphatic heterocycles. The maximum absolute atomic E-state index is 13.2. The van der Waals surface area contributed by atoms with Gasteiger partial charge < -0.3 is 30.4 Å². The van der Waals surface area contributed by atoms with Crippen molar-refractivity contribution in [1.82, 2.24) is 14.5 Å². The number of alkyl halides is 3. The highest BCUT2D eigenvalue weighted by Gasteiger charge is 2.46. The number of nitrogens with two attached hydrogens (primary N) is 1. The molecular formula is C22H27F3N4O7. The highest BCUT2D eigenvalue weighted by atomic mass is 19.4. The van der Waals surface area contributed by atoms with E-state index in [0.29, 0.717) is 0 Å². The number of aliphatic hydroxyl groups excluding tert-OH is 1. The lowest BCUT2D eigenvalue weighted by molar-refractivity contribution is -0.174. The number of nitrogens with zero attached hydrogens (tertiary/aromatic N) is 2. The van der Waals surface area contributed by atoms with Crippen molar-refractivity contribution in [2.45, 2.75) is 51.0 Å². The standard InChI is InChI=1S/C22H27F3N4O7/c1-13-10-28(21(33)29(18(13)31)12-34-11-14-5-3-2-4-6-14)19-17(16(30)15(9-26)36-19)35-8-7-27-20(32)22(23,24)25/h2-6,10,15-17,19,30H,7-9,11-12,26H2,1H3,(H,27,32)/t15-,16-,17-,19-/m1/s1. The van der Waals surface area contributed by atoms with Crippen LogP contribution in [0.3, 0.4) is 0 Å². The number of carbonyl (C=O) groups is 1. The van der Waals surface area contributed by atoms with Gasteiger partial charge in [0.15, 0.2) is 6.23 Å². The van der Waals surface area contributed by atoms with Crippen molar-refractivity contribution in [2.24, 2.45) is 5.73 Å². The third kappa shape index (κ3) is 6.39. The quantitative estimate of drug-likeness (QED) is 0.367. The van der Waals surface area contributed by atoms with Gasteiger partial charge in [0.2, 0.25) is 0 Å². The molecule has 1 fully saturated rings. The molecular weight excluding hydrogens is 489 g/mol. The average Bonchev–Trinajstić information content (AvgIpc) is 3.16. The molecule has 0 unspecified atom stereocenters. The Kier molecular flexibility index (Phi) is 9.03. The summed E-state index contributed by atoms with van der Waals surface area (Å²) in [4.78, 5) is 36.7. The molecule has 4 N–H and O–H groups in total.